The lowest BCUT2D eigenvalue weighted by molar-refractivity contribution is -0.346. The second-order valence-corrected chi connectivity index (χ2v) is 7.38. The van der Waals surface area contributed by atoms with E-state index in [1.165, 1.54) is 51.4 Å². The Kier molecular flexibility index (Phi) is 7.04. The van der Waals surface area contributed by atoms with Crippen LogP contribution >= 0.6 is 0 Å². The minimum Gasteiger partial charge on any atom is -0.289 e. The Morgan fingerprint density at radius 2 is 1.36 bits per heavy atom. The van der Waals surface area contributed by atoms with Crippen molar-refractivity contribution in [2.75, 3.05) is 0 Å². The highest BCUT2D eigenvalue weighted by atomic mass is 19.4. The largest absolute Gasteiger partial charge is 0.522 e. The van der Waals surface area contributed by atoms with Crippen molar-refractivity contribution in [1.29, 1.82) is 0 Å². The lowest BCUT2D eigenvalue weighted by atomic mass is 9.70. The molecule has 0 unspecified atom stereocenters. The van der Waals surface area contributed by atoms with Crippen LogP contribution in [0, 0.1) is 17.8 Å². The molecule has 4 heteroatoms. The van der Waals surface area contributed by atoms with Crippen LogP contribution in [0.25, 0.3) is 0 Å². The number of ether oxygens (including phenoxy) is 1. The first kappa shape index (κ1) is 18.1. The van der Waals surface area contributed by atoms with Gasteiger partial charge in [-0.1, -0.05) is 45.4 Å². The van der Waals surface area contributed by atoms with Crippen LogP contribution < -0.4 is 0 Å². The monoisotopic (exact) mass is 320 g/mol. The van der Waals surface area contributed by atoms with Crippen molar-refractivity contribution in [3.8, 4) is 0 Å². The van der Waals surface area contributed by atoms with Crippen molar-refractivity contribution < 1.29 is 17.9 Å². The Bertz CT molecular complexity index is 300. The maximum atomic E-state index is 12.2. The number of alkyl halides is 3. The molecule has 0 aromatic rings. The smallest absolute Gasteiger partial charge is 0.289 e. The fourth-order valence-corrected chi connectivity index (χ4v) is 4.50. The molecule has 0 radical (unpaired) electrons. The van der Waals surface area contributed by atoms with Gasteiger partial charge in [0.1, 0.15) is 0 Å². The van der Waals surface area contributed by atoms with E-state index in [4.69, 9.17) is 0 Å². The van der Waals surface area contributed by atoms with Crippen molar-refractivity contribution >= 4 is 0 Å². The minimum atomic E-state index is -4.46. The van der Waals surface area contributed by atoms with Crippen molar-refractivity contribution in [1.82, 2.24) is 0 Å². The minimum absolute atomic E-state index is 0.584. The lowest BCUT2D eigenvalue weighted by Gasteiger charge is -2.38. The quantitative estimate of drug-likeness (QED) is 0.510. The van der Waals surface area contributed by atoms with Gasteiger partial charge in [-0.15, -0.1) is 13.2 Å². The zero-order chi connectivity index (χ0) is 16.0. The van der Waals surface area contributed by atoms with Crippen molar-refractivity contribution in [3.05, 3.63) is 0 Å². The highest BCUT2D eigenvalue weighted by Gasteiger charge is 2.37. The molecule has 0 spiro atoms. The number of hydrogen-bond donors (Lipinski definition) is 0. The van der Waals surface area contributed by atoms with Gasteiger partial charge < -0.3 is 0 Å². The highest BCUT2D eigenvalue weighted by molar-refractivity contribution is 4.82. The van der Waals surface area contributed by atoms with Gasteiger partial charge >= 0.3 is 6.36 Å². The molecule has 1 nitrogen and oxygen atoms in total. The molecule has 2 aliphatic carbocycles. The summed E-state index contributed by atoms with van der Waals surface area (Å²) in [6.45, 7) is 2.25. The zero-order valence-electron chi connectivity index (χ0n) is 13.8. The van der Waals surface area contributed by atoms with Crippen LogP contribution in [0.2, 0.25) is 0 Å². The Morgan fingerprint density at radius 1 is 0.818 bits per heavy atom. The summed E-state index contributed by atoms with van der Waals surface area (Å²) in [5.74, 6) is 2.31. The molecule has 22 heavy (non-hydrogen) atoms. The lowest BCUT2D eigenvalue weighted by Crippen LogP contribution is -2.31. The molecule has 2 aliphatic rings. The number of hydrogen-bond acceptors (Lipinski definition) is 1. The maximum Gasteiger partial charge on any atom is 0.522 e. The molecule has 0 heterocycles. The summed E-state index contributed by atoms with van der Waals surface area (Å²) >= 11 is 0. The Balaban J connectivity index is 1.64. The summed E-state index contributed by atoms with van der Waals surface area (Å²) < 4.78 is 40.9. The van der Waals surface area contributed by atoms with Crippen molar-refractivity contribution in [3.63, 3.8) is 0 Å². The van der Waals surface area contributed by atoms with E-state index in [0.29, 0.717) is 18.8 Å². The van der Waals surface area contributed by atoms with E-state index >= 15 is 0 Å². The standard InChI is InChI=1S/C18H31F3O/c1-2-3-4-5-14-6-8-15(9-7-14)16-10-12-17(13-11-16)22-18(19,20)21/h14-17H,2-13H2,1H3/t14-,15-,16?,17?. The van der Waals surface area contributed by atoms with Gasteiger partial charge in [0.15, 0.2) is 0 Å². The van der Waals surface area contributed by atoms with Crippen LogP contribution in [0.15, 0.2) is 0 Å². The number of rotatable bonds is 6. The van der Waals surface area contributed by atoms with E-state index < -0.39 is 12.5 Å². The van der Waals surface area contributed by atoms with E-state index in [-0.39, 0.29) is 0 Å². The predicted octanol–water partition coefficient (Wildman–Crippen LogP) is 6.47. The normalized spacial score (nSPS) is 33.8. The average Bonchev–Trinajstić information content (AvgIpc) is 2.48. The molecule has 130 valence electrons. The molecule has 0 atom stereocenters. The van der Waals surface area contributed by atoms with E-state index in [1.807, 2.05) is 0 Å². The molecule has 0 bridgehead atoms. The molecule has 0 saturated heterocycles. The molecule has 2 rings (SSSR count). The first-order chi connectivity index (χ1) is 10.5. The summed E-state index contributed by atoms with van der Waals surface area (Å²) in [6.07, 6.45) is 8.62. The van der Waals surface area contributed by atoms with Gasteiger partial charge in [-0.05, 0) is 56.3 Å². The Hall–Kier alpha value is -0.250. The first-order valence-electron chi connectivity index (χ1n) is 9.22. The molecular formula is C18H31F3O. The van der Waals surface area contributed by atoms with Crippen LogP contribution in [0.4, 0.5) is 13.2 Å². The van der Waals surface area contributed by atoms with Crippen LogP contribution in [0.5, 0.6) is 0 Å². The summed E-state index contributed by atoms with van der Waals surface area (Å²) in [7, 11) is 0. The first-order valence-corrected chi connectivity index (χ1v) is 9.22. The third-order valence-corrected chi connectivity index (χ3v) is 5.79. The van der Waals surface area contributed by atoms with E-state index in [0.717, 1.165) is 24.7 Å². The molecule has 0 N–H and O–H groups in total. The van der Waals surface area contributed by atoms with Gasteiger partial charge in [-0.25, -0.2) is 0 Å². The number of unbranched alkanes of at least 4 members (excludes halogenated alkanes) is 2. The van der Waals surface area contributed by atoms with Crippen LogP contribution in [0.3, 0.4) is 0 Å². The van der Waals surface area contributed by atoms with Gasteiger partial charge in [-0.3, -0.25) is 4.74 Å². The van der Waals surface area contributed by atoms with Gasteiger partial charge in [0, 0.05) is 0 Å². The van der Waals surface area contributed by atoms with Crippen LogP contribution in [-0.4, -0.2) is 12.5 Å². The highest BCUT2D eigenvalue weighted by Crippen LogP contribution is 2.42. The van der Waals surface area contributed by atoms with E-state index in [9.17, 15) is 13.2 Å². The second kappa shape index (κ2) is 8.56. The van der Waals surface area contributed by atoms with Crippen molar-refractivity contribution in [2.45, 2.75) is 96.4 Å². The van der Waals surface area contributed by atoms with E-state index in [2.05, 4.69) is 11.7 Å². The molecular weight excluding hydrogens is 289 g/mol. The number of halogens is 3. The fraction of sp³-hybridized carbons (Fsp3) is 1.00. The summed E-state index contributed by atoms with van der Waals surface area (Å²) in [4.78, 5) is 0. The molecule has 2 saturated carbocycles. The fourth-order valence-electron chi connectivity index (χ4n) is 4.50. The van der Waals surface area contributed by atoms with Crippen molar-refractivity contribution in [2.24, 2.45) is 17.8 Å². The molecule has 0 aliphatic heterocycles. The van der Waals surface area contributed by atoms with Gasteiger partial charge in [-0.2, -0.15) is 0 Å². The van der Waals surface area contributed by atoms with Gasteiger partial charge in [0.2, 0.25) is 0 Å². The Morgan fingerprint density at radius 3 is 1.86 bits per heavy atom. The van der Waals surface area contributed by atoms with Crippen LogP contribution in [-0.2, 0) is 4.74 Å². The second-order valence-electron chi connectivity index (χ2n) is 7.38. The Labute approximate surface area is 133 Å². The summed E-state index contributed by atoms with van der Waals surface area (Å²) in [5, 5.41) is 0. The third kappa shape index (κ3) is 6.10. The SMILES string of the molecule is CCCCC[C@H]1CC[C@H](C2CCC(OC(F)(F)F)CC2)CC1. The predicted molar refractivity (Wildman–Crippen MR) is 82.5 cm³/mol. The molecule has 0 aromatic carbocycles. The van der Waals surface area contributed by atoms with E-state index in [1.54, 1.807) is 0 Å². The molecule has 2 fully saturated rings. The topological polar surface area (TPSA) is 9.23 Å². The maximum absolute atomic E-state index is 12.2. The van der Waals surface area contributed by atoms with Crippen LogP contribution in [0.1, 0.15) is 84.0 Å². The average molecular weight is 320 g/mol. The summed E-state index contributed by atoms with van der Waals surface area (Å²) in [6, 6.07) is 0. The molecule has 0 aromatic heterocycles. The molecule has 0 amide bonds. The third-order valence-electron chi connectivity index (χ3n) is 5.79. The van der Waals surface area contributed by atoms with Gasteiger partial charge in [0.05, 0.1) is 6.10 Å². The zero-order valence-corrected chi connectivity index (χ0v) is 13.8. The summed E-state index contributed by atoms with van der Waals surface area (Å²) in [5.41, 5.74) is 0. The van der Waals surface area contributed by atoms with Gasteiger partial charge in [0.25, 0.3) is 0 Å².